The Bertz CT molecular complexity index is 578. The molecule has 3 N–H and O–H groups in total. The first-order chi connectivity index (χ1) is 9.23. The van der Waals surface area contributed by atoms with Crippen molar-refractivity contribution in [2.45, 2.75) is 25.4 Å². The number of rotatable bonds is 5. The molecule has 0 aromatic heterocycles. The van der Waals surface area contributed by atoms with Crippen LogP contribution in [0.3, 0.4) is 0 Å². The number of nitrogens with one attached hydrogen (secondary N) is 1. The fourth-order valence-corrected chi connectivity index (χ4v) is 1.85. The number of carbonyl (C=O) groups excluding carboxylic acids is 1. The van der Waals surface area contributed by atoms with Crippen molar-refractivity contribution in [1.29, 1.82) is 5.26 Å². The third kappa shape index (κ3) is 4.88. The van der Waals surface area contributed by atoms with Crippen molar-refractivity contribution in [2.24, 2.45) is 0 Å². The van der Waals surface area contributed by atoms with Crippen LogP contribution in [0.2, 0.25) is 5.02 Å². The second-order valence-electron chi connectivity index (χ2n) is 4.60. The van der Waals surface area contributed by atoms with E-state index in [2.05, 4.69) is 5.32 Å². The van der Waals surface area contributed by atoms with E-state index in [1.165, 1.54) is 25.1 Å². The molecule has 0 aliphatic rings. The molecule has 0 spiro atoms. The maximum atomic E-state index is 11.7. The summed E-state index contributed by atoms with van der Waals surface area (Å²) in [6.45, 7) is 1.27. The Hall–Kier alpha value is -2.10. The second-order valence-corrected chi connectivity index (χ2v) is 5.01. The zero-order valence-corrected chi connectivity index (χ0v) is 11.4. The van der Waals surface area contributed by atoms with Gasteiger partial charge in [-0.1, -0.05) is 11.6 Å². The molecule has 106 valence electrons. The fourth-order valence-electron chi connectivity index (χ4n) is 1.62. The van der Waals surface area contributed by atoms with Gasteiger partial charge in [-0.25, -0.2) is 0 Å². The van der Waals surface area contributed by atoms with Gasteiger partial charge in [0.1, 0.15) is 6.07 Å². The molecule has 0 saturated heterocycles. The summed E-state index contributed by atoms with van der Waals surface area (Å²) in [6.07, 6.45) is -0.897. The first-order valence-electron chi connectivity index (χ1n) is 5.67. The van der Waals surface area contributed by atoms with Crippen LogP contribution in [0.15, 0.2) is 18.2 Å². The number of halogens is 1. The van der Waals surface area contributed by atoms with E-state index in [0.29, 0.717) is 5.69 Å². The molecule has 1 unspecified atom stereocenters. The van der Waals surface area contributed by atoms with Crippen LogP contribution >= 0.6 is 11.6 Å². The lowest BCUT2D eigenvalue weighted by Gasteiger charge is -2.20. The quantitative estimate of drug-likeness (QED) is 0.767. The Balaban J connectivity index is 2.70. The lowest BCUT2D eigenvalue weighted by molar-refractivity contribution is -0.142. The molecule has 0 aliphatic carbocycles. The number of aliphatic hydroxyl groups is 1. The van der Waals surface area contributed by atoms with Crippen molar-refractivity contribution >= 4 is 29.2 Å². The number of nitriles is 1. The van der Waals surface area contributed by atoms with Gasteiger partial charge in [0, 0.05) is 5.69 Å². The predicted molar refractivity (Wildman–Crippen MR) is 72.3 cm³/mol. The average molecular weight is 297 g/mol. The van der Waals surface area contributed by atoms with Crippen LogP contribution in [-0.4, -0.2) is 27.7 Å². The summed E-state index contributed by atoms with van der Waals surface area (Å²) in [4.78, 5) is 22.2. The van der Waals surface area contributed by atoms with E-state index >= 15 is 0 Å². The average Bonchev–Trinajstić information content (AvgIpc) is 2.25. The van der Waals surface area contributed by atoms with Gasteiger partial charge in [0.25, 0.3) is 0 Å². The number of amides is 1. The Morgan fingerprint density at radius 3 is 2.60 bits per heavy atom. The number of hydrogen-bond acceptors (Lipinski definition) is 4. The predicted octanol–water partition coefficient (Wildman–Crippen LogP) is 1.77. The molecular formula is C13H13ClN2O4. The number of carboxylic acid groups (broad SMARTS) is 1. The Labute approximate surface area is 120 Å². The van der Waals surface area contributed by atoms with Crippen molar-refractivity contribution < 1.29 is 19.8 Å². The molecule has 7 heteroatoms. The van der Waals surface area contributed by atoms with Crippen molar-refractivity contribution in [3.8, 4) is 6.07 Å². The summed E-state index contributed by atoms with van der Waals surface area (Å²) in [7, 11) is 0. The van der Waals surface area contributed by atoms with E-state index in [1.54, 1.807) is 0 Å². The number of carbonyl (C=O) groups is 2. The summed E-state index contributed by atoms with van der Waals surface area (Å²) >= 11 is 5.81. The summed E-state index contributed by atoms with van der Waals surface area (Å²) in [5.41, 5.74) is -0.987. The van der Waals surface area contributed by atoms with E-state index in [0.717, 1.165) is 0 Å². The molecule has 1 amide bonds. The zero-order chi connectivity index (χ0) is 15.3. The van der Waals surface area contributed by atoms with Gasteiger partial charge in [-0.15, -0.1) is 0 Å². The summed E-state index contributed by atoms with van der Waals surface area (Å²) in [5, 5.41) is 29.8. The highest BCUT2D eigenvalue weighted by atomic mass is 35.5. The minimum Gasteiger partial charge on any atom is -0.481 e. The van der Waals surface area contributed by atoms with Crippen molar-refractivity contribution in [1.82, 2.24) is 0 Å². The number of hydrogen-bond donors (Lipinski definition) is 3. The lowest BCUT2D eigenvalue weighted by Crippen LogP contribution is -2.33. The van der Waals surface area contributed by atoms with E-state index in [1.807, 2.05) is 6.07 Å². The van der Waals surface area contributed by atoms with Gasteiger partial charge in [-0.2, -0.15) is 5.26 Å². The normalized spacial score (nSPS) is 13.1. The van der Waals surface area contributed by atoms with Gasteiger partial charge in [0.2, 0.25) is 5.91 Å². The molecule has 0 heterocycles. The number of benzene rings is 1. The van der Waals surface area contributed by atoms with Crippen LogP contribution < -0.4 is 5.32 Å². The van der Waals surface area contributed by atoms with Gasteiger partial charge in [0.05, 0.1) is 29.0 Å². The molecule has 0 radical (unpaired) electrons. The smallest absolute Gasteiger partial charge is 0.306 e. The zero-order valence-electron chi connectivity index (χ0n) is 10.7. The van der Waals surface area contributed by atoms with Crippen LogP contribution in [0.4, 0.5) is 5.69 Å². The van der Waals surface area contributed by atoms with Crippen LogP contribution in [0.25, 0.3) is 0 Å². The minimum absolute atomic E-state index is 0.197. The SMILES string of the molecule is CC(O)(CC(=O)O)CC(=O)Nc1ccc(C#N)c(Cl)c1. The molecular weight excluding hydrogens is 284 g/mol. The van der Waals surface area contributed by atoms with Crippen molar-refractivity contribution in [3.05, 3.63) is 28.8 Å². The topological polar surface area (TPSA) is 110 Å². The highest BCUT2D eigenvalue weighted by molar-refractivity contribution is 6.32. The van der Waals surface area contributed by atoms with E-state index in [-0.39, 0.29) is 17.0 Å². The molecule has 0 fully saturated rings. The van der Waals surface area contributed by atoms with E-state index in [4.69, 9.17) is 22.0 Å². The van der Waals surface area contributed by atoms with Crippen LogP contribution in [-0.2, 0) is 9.59 Å². The molecule has 6 nitrogen and oxygen atoms in total. The third-order valence-corrected chi connectivity index (χ3v) is 2.76. The fraction of sp³-hybridized carbons (Fsp3) is 0.308. The lowest BCUT2D eigenvalue weighted by atomic mass is 9.98. The van der Waals surface area contributed by atoms with Gasteiger partial charge in [0.15, 0.2) is 0 Å². The molecule has 0 bridgehead atoms. The first kappa shape index (κ1) is 16.0. The summed E-state index contributed by atoms with van der Waals surface area (Å²) in [5.74, 6) is -1.73. The Kier molecular flexibility index (Phi) is 5.08. The summed E-state index contributed by atoms with van der Waals surface area (Å²) < 4.78 is 0. The monoisotopic (exact) mass is 296 g/mol. The standard InChI is InChI=1S/C13H13ClN2O4/c1-13(20,6-12(18)19)5-11(17)16-9-3-2-8(7-15)10(14)4-9/h2-4,20H,5-6H2,1H3,(H,16,17)(H,18,19). The van der Waals surface area contributed by atoms with Crippen LogP contribution in [0, 0.1) is 11.3 Å². The highest BCUT2D eigenvalue weighted by Crippen LogP contribution is 2.21. The molecule has 0 aliphatic heterocycles. The van der Waals surface area contributed by atoms with Crippen LogP contribution in [0.5, 0.6) is 0 Å². The Morgan fingerprint density at radius 1 is 1.45 bits per heavy atom. The molecule has 1 aromatic rings. The van der Waals surface area contributed by atoms with Crippen molar-refractivity contribution in [2.75, 3.05) is 5.32 Å². The van der Waals surface area contributed by atoms with Gasteiger partial charge in [-0.05, 0) is 25.1 Å². The largest absolute Gasteiger partial charge is 0.481 e. The summed E-state index contributed by atoms with van der Waals surface area (Å²) in [6, 6.07) is 6.24. The van der Waals surface area contributed by atoms with Crippen LogP contribution in [0.1, 0.15) is 25.3 Å². The number of aliphatic carboxylic acids is 1. The molecule has 1 aromatic carbocycles. The molecule has 1 atom stereocenters. The Morgan fingerprint density at radius 2 is 2.10 bits per heavy atom. The van der Waals surface area contributed by atoms with E-state index < -0.39 is 23.9 Å². The highest BCUT2D eigenvalue weighted by Gasteiger charge is 2.27. The van der Waals surface area contributed by atoms with Crippen molar-refractivity contribution in [3.63, 3.8) is 0 Å². The number of carboxylic acids is 1. The number of nitrogens with zero attached hydrogens (tertiary/aromatic N) is 1. The maximum absolute atomic E-state index is 11.7. The van der Waals surface area contributed by atoms with Gasteiger partial charge >= 0.3 is 5.97 Å². The third-order valence-electron chi connectivity index (χ3n) is 2.45. The van der Waals surface area contributed by atoms with Gasteiger partial charge < -0.3 is 15.5 Å². The minimum atomic E-state index is -1.63. The molecule has 0 saturated carbocycles. The molecule has 20 heavy (non-hydrogen) atoms. The van der Waals surface area contributed by atoms with Gasteiger partial charge in [-0.3, -0.25) is 9.59 Å². The first-order valence-corrected chi connectivity index (χ1v) is 6.05. The second kappa shape index (κ2) is 6.37. The molecule has 1 rings (SSSR count). The van der Waals surface area contributed by atoms with E-state index in [9.17, 15) is 14.7 Å². The maximum Gasteiger partial charge on any atom is 0.306 e. The number of anilines is 1.